The predicted molar refractivity (Wildman–Crippen MR) is 96.1 cm³/mol. The molecule has 0 aliphatic rings. The van der Waals surface area contributed by atoms with Crippen molar-refractivity contribution in [2.75, 3.05) is 22.4 Å². The highest BCUT2D eigenvalue weighted by molar-refractivity contribution is 7.92. The van der Waals surface area contributed by atoms with Crippen molar-refractivity contribution in [1.29, 1.82) is 0 Å². The van der Waals surface area contributed by atoms with Crippen molar-refractivity contribution in [3.63, 3.8) is 0 Å². The lowest BCUT2D eigenvalue weighted by Crippen LogP contribution is -2.24. The Kier molecular flexibility index (Phi) is 5.60. The molecule has 132 valence electrons. The summed E-state index contributed by atoms with van der Waals surface area (Å²) in [6, 6.07) is 11.7. The number of urea groups is 1. The molecule has 0 atom stereocenters. The van der Waals surface area contributed by atoms with Gasteiger partial charge in [-0.05, 0) is 48.5 Å². The summed E-state index contributed by atoms with van der Waals surface area (Å²) < 4.78 is 27.2. The molecule has 9 heteroatoms. The third kappa shape index (κ3) is 5.21. The van der Waals surface area contributed by atoms with Gasteiger partial charge in [-0.25, -0.2) is 13.2 Å². The Morgan fingerprint density at radius 3 is 1.80 bits per heavy atom. The van der Waals surface area contributed by atoms with E-state index in [1.807, 2.05) is 0 Å². The van der Waals surface area contributed by atoms with Gasteiger partial charge in [0.2, 0.25) is 5.91 Å². The van der Waals surface area contributed by atoms with Crippen molar-refractivity contribution in [2.45, 2.75) is 11.8 Å². The van der Waals surface area contributed by atoms with Crippen LogP contribution >= 0.6 is 0 Å². The van der Waals surface area contributed by atoms with Gasteiger partial charge < -0.3 is 16.0 Å². The van der Waals surface area contributed by atoms with Crippen molar-refractivity contribution in [3.8, 4) is 0 Å². The van der Waals surface area contributed by atoms with Gasteiger partial charge in [-0.3, -0.25) is 9.52 Å². The summed E-state index contributed by atoms with van der Waals surface area (Å²) in [5, 5.41) is 7.56. The average Bonchev–Trinajstić information content (AvgIpc) is 2.56. The molecule has 2 rings (SSSR count). The lowest BCUT2D eigenvalue weighted by atomic mass is 10.3. The molecule has 0 heterocycles. The molecule has 0 fully saturated rings. The van der Waals surface area contributed by atoms with Gasteiger partial charge in [-0.1, -0.05) is 0 Å². The Labute approximate surface area is 145 Å². The maximum absolute atomic E-state index is 12.4. The Morgan fingerprint density at radius 1 is 0.800 bits per heavy atom. The minimum atomic E-state index is -3.76. The third-order valence-corrected chi connectivity index (χ3v) is 4.50. The quantitative estimate of drug-likeness (QED) is 0.652. The molecule has 0 aliphatic carbocycles. The molecule has 25 heavy (non-hydrogen) atoms. The first-order chi connectivity index (χ1) is 11.8. The molecule has 0 aliphatic heterocycles. The minimum Gasteiger partial charge on any atom is -0.341 e. The van der Waals surface area contributed by atoms with Crippen molar-refractivity contribution >= 4 is 39.0 Å². The molecule has 2 aromatic rings. The van der Waals surface area contributed by atoms with Gasteiger partial charge in [0.15, 0.2) is 0 Å². The number of amides is 3. The smallest absolute Gasteiger partial charge is 0.318 e. The molecule has 0 unspecified atom stereocenters. The number of benzene rings is 2. The van der Waals surface area contributed by atoms with Crippen LogP contribution in [0.15, 0.2) is 53.4 Å². The average molecular weight is 362 g/mol. The van der Waals surface area contributed by atoms with E-state index in [0.29, 0.717) is 17.1 Å². The van der Waals surface area contributed by atoms with Crippen LogP contribution in [0, 0.1) is 0 Å². The van der Waals surface area contributed by atoms with Gasteiger partial charge >= 0.3 is 6.03 Å². The molecule has 0 saturated heterocycles. The number of rotatable bonds is 5. The van der Waals surface area contributed by atoms with Crippen LogP contribution in [-0.2, 0) is 14.8 Å². The summed E-state index contributed by atoms with van der Waals surface area (Å²) in [5.74, 6) is -0.237. The molecular formula is C16H18N4O4S. The van der Waals surface area contributed by atoms with Crippen LogP contribution in [0.4, 0.5) is 21.9 Å². The van der Waals surface area contributed by atoms with E-state index in [4.69, 9.17) is 0 Å². The molecule has 8 nitrogen and oxygen atoms in total. The SMILES string of the molecule is CNC(=O)Nc1ccc(NS(=O)(=O)c2ccc(NC(C)=O)cc2)cc1. The summed E-state index contributed by atoms with van der Waals surface area (Å²) in [7, 11) is -2.27. The van der Waals surface area contributed by atoms with E-state index in [1.165, 1.54) is 50.4 Å². The number of sulfonamides is 1. The van der Waals surface area contributed by atoms with E-state index in [9.17, 15) is 18.0 Å². The number of carbonyl (C=O) groups is 2. The van der Waals surface area contributed by atoms with Crippen molar-refractivity contribution < 1.29 is 18.0 Å². The first-order valence-corrected chi connectivity index (χ1v) is 8.78. The van der Waals surface area contributed by atoms with Gasteiger partial charge in [-0.2, -0.15) is 0 Å². The second-order valence-corrected chi connectivity index (χ2v) is 6.77. The zero-order chi connectivity index (χ0) is 18.4. The lowest BCUT2D eigenvalue weighted by Gasteiger charge is -2.10. The summed E-state index contributed by atoms with van der Waals surface area (Å²) in [4.78, 5) is 22.3. The largest absolute Gasteiger partial charge is 0.341 e. The first kappa shape index (κ1) is 18.3. The van der Waals surface area contributed by atoms with Gasteiger partial charge in [0.1, 0.15) is 0 Å². The lowest BCUT2D eigenvalue weighted by molar-refractivity contribution is -0.114. The Hall–Kier alpha value is -3.07. The normalized spacial score (nSPS) is 10.6. The van der Waals surface area contributed by atoms with Crippen LogP contribution in [0.1, 0.15) is 6.92 Å². The molecule has 3 amide bonds. The van der Waals surface area contributed by atoms with Crippen LogP contribution in [0.5, 0.6) is 0 Å². The second kappa shape index (κ2) is 7.67. The fourth-order valence-electron chi connectivity index (χ4n) is 1.95. The molecule has 0 spiro atoms. The van der Waals surface area contributed by atoms with Crippen molar-refractivity contribution in [2.24, 2.45) is 0 Å². The van der Waals surface area contributed by atoms with E-state index in [2.05, 4.69) is 20.7 Å². The summed E-state index contributed by atoms with van der Waals surface area (Å²) in [6.45, 7) is 1.37. The van der Waals surface area contributed by atoms with Gasteiger partial charge in [0.05, 0.1) is 4.90 Å². The van der Waals surface area contributed by atoms with E-state index < -0.39 is 10.0 Å². The highest BCUT2D eigenvalue weighted by atomic mass is 32.2. The van der Waals surface area contributed by atoms with E-state index >= 15 is 0 Å². The van der Waals surface area contributed by atoms with Gasteiger partial charge in [-0.15, -0.1) is 0 Å². The summed E-state index contributed by atoms with van der Waals surface area (Å²) in [5.41, 5.74) is 1.39. The molecule has 4 N–H and O–H groups in total. The number of hydrogen-bond acceptors (Lipinski definition) is 4. The molecular weight excluding hydrogens is 344 g/mol. The van der Waals surface area contributed by atoms with E-state index in [1.54, 1.807) is 12.1 Å². The monoisotopic (exact) mass is 362 g/mol. The molecule has 0 aromatic heterocycles. The zero-order valence-electron chi connectivity index (χ0n) is 13.7. The van der Waals surface area contributed by atoms with Crippen molar-refractivity contribution in [3.05, 3.63) is 48.5 Å². The van der Waals surface area contributed by atoms with E-state index in [-0.39, 0.29) is 16.8 Å². The standard InChI is InChI=1S/C16H18N4O4S/c1-11(21)18-12-7-9-15(10-8-12)25(23,24)20-14-5-3-13(4-6-14)19-16(22)17-2/h3-10,20H,1-2H3,(H,18,21)(H2,17,19,22). The fraction of sp³-hybridized carbons (Fsp3) is 0.125. The maximum Gasteiger partial charge on any atom is 0.318 e. The van der Waals surface area contributed by atoms with Crippen LogP contribution in [0.25, 0.3) is 0 Å². The summed E-state index contributed by atoms with van der Waals surface area (Å²) in [6.07, 6.45) is 0. The zero-order valence-corrected chi connectivity index (χ0v) is 14.5. The topological polar surface area (TPSA) is 116 Å². The van der Waals surface area contributed by atoms with E-state index in [0.717, 1.165) is 0 Å². The van der Waals surface area contributed by atoms with Crippen LogP contribution in [0.2, 0.25) is 0 Å². The number of carbonyl (C=O) groups excluding carboxylic acids is 2. The predicted octanol–water partition coefficient (Wildman–Crippen LogP) is 2.20. The van der Waals surface area contributed by atoms with Gasteiger partial charge in [0.25, 0.3) is 10.0 Å². The highest BCUT2D eigenvalue weighted by Crippen LogP contribution is 2.20. The summed E-state index contributed by atoms with van der Waals surface area (Å²) >= 11 is 0. The Bertz CT molecular complexity index is 862. The van der Waals surface area contributed by atoms with Gasteiger partial charge in [0, 0.05) is 31.0 Å². The fourth-order valence-corrected chi connectivity index (χ4v) is 3.01. The molecule has 2 aromatic carbocycles. The van der Waals surface area contributed by atoms with Crippen LogP contribution in [0.3, 0.4) is 0 Å². The molecule has 0 bridgehead atoms. The van der Waals surface area contributed by atoms with Crippen molar-refractivity contribution in [1.82, 2.24) is 5.32 Å². The third-order valence-electron chi connectivity index (χ3n) is 3.11. The van der Waals surface area contributed by atoms with Crippen LogP contribution < -0.4 is 20.7 Å². The number of nitrogens with one attached hydrogen (secondary N) is 4. The maximum atomic E-state index is 12.4. The minimum absolute atomic E-state index is 0.0640. The Balaban J connectivity index is 2.10. The molecule has 0 radical (unpaired) electrons. The first-order valence-electron chi connectivity index (χ1n) is 7.29. The number of hydrogen-bond donors (Lipinski definition) is 4. The molecule has 0 saturated carbocycles. The Morgan fingerprint density at radius 2 is 1.28 bits per heavy atom. The number of anilines is 3. The van der Waals surface area contributed by atoms with Crippen LogP contribution in [-0.4, -0.2) is 27.4 Å². The highest BCUT2D eigenvalue weighted by Gasteiger charge is 2.14. The second-order valence-electron chi connectivity index (χ2n) is 5.09.